The van der Waals surface area contributed by atoms with Crippen LogP contribution < -0.4 is 5.32 Å². The van der Waals surface area contributed by atoms with Gasteiger partial charge in [0.15, 0.2) is 0 Å². The molecule has 14 heteroatoms. The molecule has 0 unspecified atom stereocenters. The van der Waals surface area contributed by atoms with Crippen LogP contribution in [0.5, 0.6) is 0 Å². The molecule has 4 rings (SSSR count). The lowest BCUT2D eigenvalue weighted by molar-refractivity contribution is -0.144. The SMILES string of the molecule is CCCCN(Cc1ccc(-c2ccccc2-c2nn[nH]n2)cc1)C(=O)N(CC(=O)NCC(=O)N1CCOCC1)CC(=O)OCC. The first kappa shape index (κ1) is 33.1. The second-order valence-electron chi connectivity index (χ2n) is 10.5. The van der Waals surface area contributed by atoms with Crippen LogP contribution in [0.15, 0.2) is 48.5 Å². The number of rotatable bonds is 14. The van der Waals surface area contributed by atoms with Gasteiger partial charge in [-0.2, -0.15) is 5.21 Å². The Bertz CT molecular complexity index is 1410. The molecule has 2 heterocycles. The zero-order valence-electron chi connectivity index (χ0n) is 25.7. The molecule has 0 saturated carbocycles. The zero-order valence-corrected chi connectivity index (χ0v) is 25.7. The fourth-order valence-electron chi connectivity index (χ4n) is 4.89. The topological polar surface area (TPSA) is 163 Å². The molecule has 0 bridgehead atoms. The van der Waals surface area contributed by atoms with E-state index in [1.165, 1.54) is 0 Å². The molecule has 1 saturated heterocycles. The van der Waals surface area contributed by atoms with Crippen LogP contribution in [0.1, 0.15) is 32.3 Å². The van der Waals surface area contributed by atoms with E-state index >= 15 is 0 Å². The van der Waals surface area contributed by atoms with Gasteiger partial charge in [0, 0.05) is 31.7 Å². The standard InChI is InChI=1S/C31H40N8O6/c1-3-5-14-38(20-23-10-12-24(13-11-23)25-8-6-7-9-26(25)30-33-35-36-34-30)31(43)39(22-29(42)45-4-2)21-27(40)32-19-28(41)37-15-17-44-18-16-37/h6-13H,3-5,14-22H2,1-2H3,(H,32,40)(H,33,34,35,36). The van der Waals surface area contributed by atoms with Gasteiger partial charge in [0.05, 0.1) is 26.4 Å². The number of nitrogens with one attached hydrogen (secondary N) is 2. The largest absolute Gasteiger partial charge is 0.465 e. The second-order valence-corrected chi connectivity index (χ2v) is 10.5. The summed E-state index contributed by atoms with van der Waals surface area (Å²) in [5, 5.41) is 17.0. The van der Waals surface area contributed by atoms with Crippen molar-refractivity contribution in [2.24, 2.45) is 0 Å². The maximum atomic E-state index is 13.8. The van der Waals surface area contributed by atoms with E-state index in [1.807, 2.05) is 55.5 Å². The fourth-order valence-corrected chi connectivity index (χ4v) is 4.89. The number of hydrogen-bond acceptors (Lipinski definition) is 9. The molecule has 45 heavy (non-hydrogen) atoms. The number of H-pyrrole nitrogens is 1. The Morgan fingerprint density at radius 2 is 1.71 bits per heavy atom. The van der Waals surface area contributed by atoms with E-state index in [0.717, 1.165) is 40.0 Å². The lowest BCUT2D eigenvalue weighted by Crippen LogP contribution is -2.51. The minimum atomic E-state index is -0.622. The van der Waals surface area contributed by atoms with Gasteiger partial charge >= 0.3 is 12.0 Å². The molecule has 2 N–H and O–H groups in total. The smallest absolute Gasteiger partial charge is 0.325 e. The Hall–Kier alpha value is -4.85. The summed E-state index contributed by atoms with van der Waals surface area (Å²) >= 11 is 0. The molecular formula is C31H40N8O6. The van der Waals surface area contributed by atoms with Gasteiger partial charge in [-0.05, 0) is 35.2 Å². The monoisotopic (exact) mass is 620 g/mol. The van der Waals surface area contributed by atoms with Crippen molar-refractivity contribution in [2.75, 3.05) is 59.1 Å². The number of benzene rings is 2. The molecule has 2 aromatic carbocycles. The first-order chi connectivity index (χ1) is 21.9. The van der Waals surface area contributed by atoms with E-state index in [9.17, 15) is 19.2 Å². The van der Waals surface area contributed by atoms with Crippen LogP contribution in [0.25, 0.3) is 22.5 Å². The normalized spacial score (nSPS) is 12.8. The molecule has 0 atom stereocenters. The lowest BCUT2D eigenvalue weighted by atomic mass is 9.98. The van der Waals surface area contributed by atoms with Gasteiger partial charge in [-0.15, -0.1) is 10.2 Å². The van der Waals surface area contributed by atoms with Crippen molar-refractivity contribution in [3.63, 3.8) is 0 Å². The van der Waals surface area contributed by atoms with E-state index in [0.29, 0.717) is 38.7 Å². The molecule has 14 nitrogen and oxygen atoms in total. The first-order valence-electron chi connectivity index (χ1n) is 15.1. The van der Waals surface area contributed by atoms with Crippen LogP contribution in [-0.4, -0.2) is 118 Å². The third kappa shape index (κ3) is 9.57. The predicted octanol–water partition coefficient (Wildman–Crippen LogP) is 2.10. The summed E-state index contributed by atoms with van der Waals surface area (Å²) in [5.41, 5.74) is 3.58. The summed E-state index contributed by atoms with van der Waals surface area (Å²) in [7, 11) is 0. The highest BCUT2D eigenvalue weighted by molar-refractivity contribution is 5.89. The number of amides is 4. The fraction of sp³-hybridized carbons (Fsp3) is 0.452. The van der Waals surface area contributed by atoms with Crippen molar-refractivity contribution < 1.29 is 28.7 Å². The van der Waals surface area contributed by atoms with Crippen LogP contribution in [0.3, 0.4) is 0 Å². The summed E-state index contributed by atoms with van der Waals surface area (Å²) in [5.74, 6) is -0.914. The van der Waals surface area contributed by atoms with Crippen LogP contribution >= 0.6 is 0 Å². The molecule has 1 fully saturated rings. The number of hydrogen-bond donors (Lipinski definition) is 2. The van der Waals surface area contributed by atoms with Gasteiger partial charge in [0.1, 0.15) is 13.1 Å². The number of aromatic amines is 1. The number of esters is 1. The van der Waals surface area contributed by atoms with Crippen molar-refractivity contribution in [3.8, 4) is 22.5 Å². The molecule has 1 aliphatic rings. The van der Waals surface area contributed by atoms with Gasteiger partial charge in [0.2, 0.25) is 17.6 Å². The highest BCUT2D eigenvalue weighted by Crippen LogP contribution is 2.30. The van der Waals surface area contributed by atoms with Crippen molar-refractivity contribution in [2.45, 2.75) is 33.2 Å². The third-order valence-corrected chi connectivity index (χ3v) is 7.23. The van der Waals surface area contributed by atoms with E-state index in [2.05, 4.69) is 25.9 Å². The maximum absolute atomic E-state index is 13.8. The first-order valence-corrected chi connectivity index (χ1v) is 15.1. The van der Waals surface area contributed by atoms with Crippen LogP contribution in [-0.2, 0) is 30.4 Å². The Balaban J connectivity index is 1.46. The number of nitrogens with zero attached hydrogens (tertiary/aromatic N) is 6. The van der Waals surface area contributed by atoms with Crippen LogP contribution in [0.2, 0.25) is 0 Å². The highest BCUT2D eigenvalue weighted by atomic mass is 16.5. The minimum Gasteiger partial charge on any atom is -0.465 e. The number of ether oxygens (including phenoxy) is 2. The quantitative estimate of drug-likeness (QED) is 0.257. The molecule has 1 aliphatic heterocycles. The summed E-state index contributed by atoms with van der Waals surface area (Å²) in [6, 6.07) is 15.1. The van der Waals surface area contributed by atoms with E-state index in [-0.39, 0.29) is 25.6 Å². The molecule has 0 radical (unpaired) electrons. The Morgan fingerprint density at radius 1 is 0.978 bits per heavy atom. The maximum Gasteiger partial charge on any atom is 0.325 e. The van der Waals surface area contributed by atoms with E-state index in [4.69, 9.17) is 9.47 Å². The summed E-state index contributed by atoms with van der Waals surface area (Å²) < 4.78 is 10.3. The van der Waals surface area contributed by atoms with Gasteiger partial charge in [-0.1, -0.05) is 61.9 Å². The number of carbonyl (C=O) groups is 4. The minimum absolute atomic E-state index is 0.142. The summed E-state index contributed by atoms with van der Waals surface area (Å²) in [4.78, 5) is 56.0. The highest BCUT2D eigenvalue weighted by Gasteiger charge is 2.26. The molecular weight excluding hydrogens is 580 g/mol. The number of aromatic nitrogens is 4. The van der Waals surface area contributed by atoms with Gasteiger partial charge in [-0.25, -0.2) is 4.79 Å². The molecule has 0 spiro atoms. The Morgan fingerprint density at radius 3 is 2.38 bits per heavy atom. The third-order valence-electron chi connectivity index (χ3n) is 7.23. The van der Waals surface area contributed by atoms with Crippen LogP contribution in [0.4, 0.5) is 4.79 Å². The number of urea groups is 1. The average Bonchev–Trinajstić information content (AvgIpc) is 3.61. The molecule has 4 amide bonds. The van der Waals surface area contributed by atoms with E-state index in [1.54, 1.807) is 16.7 Å². The van der Waals surface area contributed by atoms with Crippen LogP contribution in [0, 0.1) is 0 Å². The van der Waals surface area contributed by atoms with E-state index < -0.39 is 31.0 Å². The lowest BCUT2D eigenvalue weighted by Gasteiger charge is -2.30. The van der Waals surface area contributed by atoms with Crippen molar-refractivity contribution >= 4 is 23.8 Å². The number of carbonyl (C=O) groups excluding carboxylic acids is 4. The molecule has 1 aromatic heterocycles. The number of morpholine rings is 1. The van der Waals surface area contributed by atoms with Gasteiger partial charge in [-0.3, -0.25) is 14.4 Å². The molecule has 3 aromatic rings. The molecule has 240 valence electrons. The summed E-state index contributed by atoms with van der Waals surface area (Å²) in [6.45, 7) is 5.34. The molecule has 0 aliphatic carbocycles. The van der Waals surface area contributed by atoms with Crippen molar-refractivity contribution in [3.05, 3.63) is 54.1 Å². The Labute approximate surface area is 262 Å². The van der Waals surface area contributed by atoms with Crippen molar-refractivity contribution in [1.82, 2.24) is 40.6 Å². The van der Waals surface area contributed by atoms with Gasteiger partial charge in [0.25, 0.3) is 0 Å². The number of tetrazole rings is 1. The Kier molecular flexibility index (Phi) is 12.4. The summed E-state index contributed by atoms with van der Waals surface area (Å²) in [6.07, 6.45) is 1.58. The zero-order chi connectivity index (χ0) is 32.0. The second kappa shape index (κ2) is 16.9. The van der Waals surface area contributed by atoms with Crippen molar-refractivity contribution in [1.29, 1.82) is 0 Å². The average molecular weight is 621 g/mol. The number of unbranched alkanes of at least 4 members (excludes halogenated alkanes) is 1. The van der Waals surface area contributed by atoms with Gasteiger partial charge < -0.3 is 29.5 Å². The predicted molar refractivity (Wildman–Crippen MR) is 164 cm³/mol.